The van der Waals surface area contributed by atoms with Gasteiger partial charge in [0, 0.05) is 31.4 Å². The second-order valence-corrected chi connectivity index (χ2v) is 13.5. The molecule has 0 aromatic carbocycles. The minimum absolute atomic E-state index is 0.0220. The fourth-order valence-corrected chi connectivity index (χ4v) is 8.41. The SMILES string of the molecule is O=S1(=O)CCCOc2sc(-c3nc(Nc4cnc(N5C[C@H]6C[C@@H]5CN6)cc4C4CC4)ncc3C(F)(F)F)cc21. The second-order valence-electron chi connectivity index (χ2n) is 10.4. The molecule has 2 N–H and O–H groups in total. The van der Waals surface area contributed by atoms with Gasteiger partial charge in [-0.25, -0.2) is 23.4 Å². The molecule has 0 unspecified atom stereocenters. The van der Waals surface area contributed by atoms with Crippen molar-refractivity contribution in [1.29, 1.82) is 0 Å². The Morgan fingerprint density at radius 3 is 2.74 bits per heavy atom. The molecule has 3 fully saturated rings. The van der Waals surface area contributed by atoms with Crippen molar-refractivity contribution in [3.05, 3.63) is 35.7 Å². The van der Waals surface area contributed by atoms with Crippen LogP contribution in [0.1, 0.15) is 42.7 Å². The van der Waals surface area contributed by atoms with Crippen LogP contribution >= 0.6 is 11.3 Å². The number of hydrogen-bond donors (Lipinski definition) is 2. The highest BCUT2D eigenvalue weighted by Gasteiger charge is 2.40. The summed E-state index contributed by atoms with van der Waals surface area (Å²) < 4.78 is 72.7. The van der Waals surface area contributed by atoms with Crippen molar-refractivity contribution in [2.24, 2.45) is 0 Å². The van der Waals surface area contributed by atoms with Gasteiger partial charge in [0.05, 0.1) is 34.8 Å². The van der Waals surface area contributed by atoms with E-state index in [0.717, 1.165) is 61.3 Å². The lowest BCUT2D eigenvalue weighted by molar-refractivity contribution is -0.137. The van der Waals surface area contributed by atoms with Gasteiger partial charge in [0.25, 0.3) is 0 Å². The van der Waals surface area contributed by atoms with Crippen molar-refractivity contribution in [3.8, 4) is 15.6 Å². The van der Waals surface area contributed by atoms with Crippen LogP contribution in [0.4, 0.5) is 30.6 Å². The third-order valence-corrected chi connectivity index (χ3v) is 10.6. The second kappa shape index (κ2) is 9.03. The zero-order valence-corrected chi connectivity index (χ0v) is 22.3. The molecule has 0 spiro atoms. The number of thiophene rings is 1. The number of ether oxygens (including phenoxy) is 1. The molecule has 206 valence electrons. The van der Waals surface area contributed by atoms with Crippen LogP contribution in [0.15, 0.2) is 29.4 Å². The Morgan fingerprint density at radius 1 is 1.18 bits per heavy atom. The highest BCUT2D eigenvalue weighted by molar-refractivity contribution is 7.91. The fraction of sp³-hybridized carbons (Fsp3) is 0.480. The first kappa shape index (κ1) is 25.0. The number of nitrogens with one attached hydrogen (secondary N) is 2. The topological polar surface area (TPSA) is 109 Å². The summed E-state index contributed by atoms with van der Waals surface area (Å²) in [5.41, 5.74) is 0.260. The van der Waals surface area contributed by atoms with Crippen LogP contribution in [-0.2, 0) is 16.0 Å². The zero-order chi connectivity index (χ0) is 26.9. The first-order chi connectivity index (χ1) is 18.7. The monoisotopic (exact) mass is 578 g/mol. The van der Waals surface area contributed by atoms with Crippen LogP contribution in [0.5, 0.6) is 5.06 Å². The van der Waals surface area contributed by atoms with Gasteiger partial charge in [0.2, 0.25) is 5.95 Å². The maximum absolute atomic E-state index is 14.0. The predicted octanol–water partition coefficient (Wildman–Crippen LogP) is 4.35. The van der Waals surface area contributed by atoms with Crippen LogP contribution in [0.2, 0.25) is 0 Å². The molecule has 39 heavy (non-hydrogen) atoms. The lowest BCUT2D eigenvalue weighted by Gasteiger charge is -2.29. The maximum Gasteiger partial charge on any atom is 0.420 e. The van der Waals surface area contributed by atoms with Gasteiger partial charge in [0.1, 0.15) is 16.3 Å². The summed E-state index contributed by atoms with van der Waals surface area (Å²) >= 11 is 0.847. The average molecular weight is 579 g/mol. The van der Waals surface area contributed by atoms with E-state index in [0.29, 0.717) is 30.1 Å². The Kier molecular flexibility index (Phi) is 5.79. The highest BCUT2D eigenvalue weighted by atomic mass is 32.2. The summed E-state index contributed by atoms with van der Waals surface area (Å²) in [5, 5.41) is 6.67. The molecule has 4 aliphatic rings. The molecule has 1 aliphatic carbocycles. The van der Waals surface area contributed by atoms with Gasteiger partial charge in [-0.15, -0.1) is 0 Å². The number of aromatic nitrogens is 3. The van der Waals surface area contributed by atoms with Crippen molar-refractivity contribution >= 4 is 38.6 Å². The number of sulfone groups is 1. The molecule has 9 nitrogen and oxygen atoms in total. The number of hydrogen-bond acceptors (Lipinski definition) is 10. The van der Waals surface area contributed by atoms with Crippen LogP contribution in [0.3, 0.4) is 0 Å². The number of pyridine rings is 1. The summed E-state index contributed by atoms with van der Waals surface area (Å²) in [6, 6.07) is 4.20. The summed E-state index contributed by atoms with van der Waals surface area (Å²) in [5.74, 6) is 1.11. The largest absolute Gasteiger partial charge is 0.483 e. The van der Waals surface area contributed by atoms with E-state index in [9.17, 15) is 21.6 Å². The van der Waals surface area contributed by atoms with Crippen molar-refractivity contribution in [3.63, 3.8) is 0 Å². The molecule has 2 atom stereocenters. The Morgan fingerprint density at radius 2 is 2.03 bits per heavy atom. The van der Waals surface area contributed by atoms with Gasteiger partial charge < -0.3 is 20.3 Å². The quantitative estimate of drug-likeness (QED) is 0.457. The minimum Gasteiger partial charge on any atom is -0.483 e. The number of rotatable bonds is 5. The van der Waals surface area contributed by atoms with Crippen LogP contribution in [-0.4, -0.2) is 60.9 Å². The molecule has 14 heteroatoms. The van der Waals surface area contributed by atoms with Gasteiger partial charge >= 0.3 is 6.18 Å². The number of anilines is 3. The molecule has 2 saturated heterocycles. The predicted molar refractivity (Wildman–Crippen MR) is 140 cm³/mol. The number of alkyl halides is 3. The lowest BCUT2D eigenvalue weighted by atomic mass is 10.1. The molecule has 2 bridgehead atoms. The van der Waals surface area contributed by atoms with Crippen molar-refractivity contribution in [2.75, 3.05) is 35.7 Å². The number of fused-ring (bicyclic) bond motifs is 3. The van der Waals surface area contributed by atoms with Crippen molar-refractivity contribution in [1.82, 2.24) is 20.3 Å². The summed E-state index contributed by atoms with van der Waals surface area (Å²) in [6.07, 6.45) is 1.18. The van der Waals surface area contributed by atoms with Crippen molar-refractivity contribution < 1.29 is 26.3 Å². The Hall–Kier alpha value is -2.97. The van der Waals surface area contributed by atoms with Gasteiger partial charge in [-0.3, -0.25) is 0 Å². The average Bonchev–Trinajstić information content (AvgIpc) is 3.34. The molecule has 0 amide bonds. The normalized spacial score (nSPS) is 23.8. The molecule has 0 radical (unpaired) electrons. The Balaban J connectivity index is 1.25. The fourth-order valence-electron chi connectivity index (χ4n) is 5.57. The molecule has 3 aromatic rings. The first-order valence-electron chi connectivity index (χ1n) is 12.9. The molecule has 3 aliphatic heterocycles. The summed E-state index contributed by atoms with van der Waals surface area (Å²) in [6.45, 7) is 2.02. The third kappa shape index (κ3) is 4.61. The van der Waals surface area contributed by atoms with E-state index in [4.69, 9.17) is 4.74 Å². The summed E-state index contributed by atoms with van der Waals surface area (Å²) in [7, 11) is -3.67. The molecular weight excluding hydrogens is 553 g/mol. The molecule has 1 saturated carbocycles. The first-order valence-corrected chi connectivity index (χ1v) is 15.3. The molecule has 6 heterocycles. The van der Waals surface area contributed by atoms with Crippen LogP contribution in [0.25, 0.3) is 10.6 Å². The lowest BCUT2D eigenvalue weighted by Crippen LogP contribution is -2.44. The minimum atomic E-state index is -4.73. The van der Waals surface area contributed by atoms with E-state index >= 15 is 0 Å². The Bertz CT molecular complexity index is 1560. The summed E-state index contributed by atoms with van der Waals surface area (Å²) in [4.78, 5) is 15.2. The van der Waals surface area contributed by atoms with E-state index in [-0.39, 0.29) is 33.1 Å². The highest BCUT2D eigenvalue weighted by Crippen LogP contribution is 2.47. The Labute approximate surface area is 226 Å². The van der Waals surface area contributed by atoms with Gasteiger partial charge in [-0.2, -0.15) is 13.2 Å². The van der Waals surface area contributed by atoms with E-state index in [2.05, 4.69) is 36.6 Å². The van der Waals surface area contributed by atoms with Crippen LogP contribution < -0.4 is 20.3 Å². The van der Waals surface area contributed by atoms with Crippen LogP contribution in [0, 0.1) is 0 Å². The molecule has 7 rings (SSSR count). The maximum atomic E-state index is 14.0. The number of piperazine rings is 1. The number of halogens is 3. The number of nitrogens with zero attached hydrogens (tertiary/aromatic N) is 4. The van der Waals surface area contributed by atoms with Gasteiger partial charge in [-0.05, 0) is 49.3 Å². The standard InChI is InChI=1S/C25H25F3N6O3S2/c26-25(27,28)17-10-31-24(33-22(17)19-8-20-23(38-19)37-4-1-5-39(20,35)36)32-18-11-30-21(7-16(18)13-2-3-13)34-12-14-6-15(34)9-29-14/h7-8,10-11,13-15,29H,1-6,9,12H2,(H,31,32,33)/t14-,15-/m1/s1. The molecular formula is C25H25F3N6O3S2. The van der Waals surface area contributed by atoms with E-state index in [1.165, 1.54) is 6.07 Å². The zero-order valence-electron chi connectivity index (χ0n) is 20.7. The van der Waals surface area contributed by atoms with E-state index < -0.39 is 27.3 Å². The van der Waals surface area contributed by atoms with Gasteiger partial charge in [-0.1, -0.05) is 11.3 Å². The van der Waals surface area contributed by atoms with E-state index in [1.54, 1.807) is 6.20 Å². The van der Waals surface area contributed by atoms with E-state index in [1.807, 2.05) is 0 Å². The van der Waals surface area contributed by atoms with Crippen molar-refractivity contribution in [2.45, 2.75) is 54.8 Å². The van der Waals surface area contributed by atoms with Gasteiger partial charge in [0.15, 0.2) is 14.9 Å². The third-order valence-electron chi connectivity index (χ3n) is 7.66. The smallest absolute Gasteiger partial charge is 0.420 e. The molecule has 3 aromatic heterocycles.